The lowest BCUT2D eigenvalue weighted by molar-refractivity contribution is -0.170. The van der Waals surface area contributed by atoms with Crippen LogP contribution in [-0.2, 0) is 33.7 Å². The molecule has 1 aromatic carbocycles. The molecule has 18 nitrogen and oxygen atoms in total. The topological polar surface area (TPSA) is 201 Å². The van der Waals surface area contributed by atoms with E-state index in [0.29, 0.717) is 70.1 Å². The molecule has 5 aliphatic heterocycles. The van der Waals surface area contributed by atoms with Crippen molar-refractivity contribution in [2.45, 2.75) is 82.9 Å². The minimum Gasteiger partial charge on any atom is -0.371 e. The minimum atomic E-state index is -0.438. The van der Waals surface area contributed by atoms with Gasteiger partial charge < -0.3 is 40.4 Å². The zero-order valence-electron chi connectivity index (χ0n) is 43.1. The molecule has 74 heavy (non-hydrogen) atoms. The van der Waals surface area contributed by atoms with Gasteiger partial charge in [0.25, 0.3) is 17.4 Å². The van der Waals surface area contributed by atoms with Crippen LogP contribution in [0.5, 0.6) is 0 Å². The van der Waals surface area contributed by atoms with Crippen LogP contribution in [0.3, 0.4) is 0 Å². The summed E-state index contributed by atoms with van der Waals surface area (Å²) in [5.41, 5.74) is 7.49. The first-order chi connectivity index (χ1) is 35.9. The summed E-state index contributed by atoms with van der Waals surface area (Å²) >= 11 is 0. The Kier molecular flexibility index (Phi) is 15.2. The normalized spacial score (nSPS) is 22.6. The van der Waals surface area contributed by atoms with Gasteiger partial charge in [0.15, 0.2) is 5.69 Å². The number of rotatable bonds is 16. The minimum absolute atomic E-state index is 0.0469. The Morgan fingerprint density at radius 3 is 2.31 bits per heavy atom. The molecule has 1 aliphatic carbocycles. The van der Waals surface area contributed by atoms with Crippen molar-refractivity contribution >= 4 is 46.0 Å². The van der Waals surface area contributed by atoms with Crippen LogP contribution >= 0.6 is 0 Å². The number of piperazine rings is 2. The standard InChI is InChI=1S/C56H70N12O6/c1-4-38-7-6-8-42(25-38)43-29-48(61-49(69)34-57-30-39-11-16-64(3)50(70)27-39)51(60-32-43)54(73)68-23-19-66(20-24-68)36-56-14-12-55(13-15-56,37-74-56)63-53(72)45-10-9-44(33-59-45)67-21-17-65(18-22-67)35-40-26-47-46(58-31-40)28-41(5-2)52(71)62-47/h6-10,25-26,28-29,31-33,39,57H,4-5,11-24,27,30,34-37H2,1-3H3,(H,61,69)(H,62,71)(H,63,72). The van der Waals surface area contributed by atoms with E-state index in [2.05, 4.69) is 64.7 Å². The number of amides is 4. The lowest BCUT2D eigenvalue weighted by Crippen LogP contribution is -2.66. The highest BCUT2D eigenvalue weighted by Gasteiger charge is 2.51. The summed E-state index contributed by atoms with van der Waals surface area (Å²) in [7, 11) is 1.82. The zero-order chi connectivity index (χ0) is 51.4. The largest absolute Gasteiger partial charge is 0.371 e. The highest BCUT2D eigenvalue weighted by molar-refractivity contribution is 6.03. The molecule has 6 aliphatic rings. The zero-order valence-corrected chi connectivity index (χ0v) is 43.1. The molecule has 1 atom stereocenters. The summed E-state index contributed by atoms with van der Waals surface area (Å²) < 4.78 is 6.66. The number of nitrogens with zero attached hydrogens (tertiary/aromatic N) is 8. The number of pyridine rings is 4. The van der Waals surface area contributed by atoms with E-state index in [1.54, 1.807) is 17.3 Å². The number of H-pyrrole nitrogens is 1. The van der Waals surface area contributed by atoms with Crippen LogP contribution in [-0.4, -0.2) is 166 Å². The molecule has 1 unspecified atom stereocenters. The monoisotopic (exact) mass is 1010 g/mol. The number of piperidine rings is 1. The number of aromatic amines is 1. The third kappa shape index (κ3) is 11.5. The summed E-state index contributed by atoms with van der Waals surface area (Å²) in [6, 6.07) is 17.8. The van der Waals surface area contributed by atoms with Crippen molar-refractivity contribution in [2.24, 2.45) is 5.92 Å². The Morgan fingerprint density at radius 2 is 1.59 bits per heavy atom. The summed E-state index contributed by atoms with van der Waals surface area (Å²) in [5, 5.41) is 9.55. The number of benzene rings is 1. The third-order valence-corrected chi connectivity index (χ3v) is 16.2. The van der Waals surface area contributed by atoms with Crippen molar-refractivity contribution in [1.29, 1.82) is 0 Å². The van der Waals surface area contributed by atoms with Crippen molar-refractivity contribution in [3.63, 3.8) is 0 Å². The van der Waals surface area contributed by atoms with Crippen molar-refractivity contribution in [3.05, 3.63) is 112 Å². The van der Waals surface area contributed by atoms with Crippen LogP contribution in [0.2, 0.25) is 0 Å². The Hall–Kier alpha value is -6.60. The molecule has 11 rings (SSSR count). The molecule has 5 saturated heterocycles. The number of fused-ring (bicyclic) bond motifs is 4. The summed E-state index contributed by atoms with van der Waals surface area (Å²) in [4.78, 5) is 93.4. The fourth-order valence-corrected chi connectivity index (χ4v) is 11.4. The van der Waals surface area contributed by atoms with Gasteiger partial charge in [0, 0.05) is 109 Å². The molecule has 5 aromatic rings. The number of ether oxygens (including phenoxy) is 1. The maximum absolute atomic E-state index is 14.2. The van der Waals surface area contributed by atoms with Gasteiger partial charge in [0.05, 0.1) is 52.9 Å². The van der Waals surface area contributed by atoms with E-state index in [-0.39, 0.29) is 52.9 Å². The molecular weight excluding hydrogens is 937 g/mol. The number of nitrogens with one attached hydrogen (secondary N) is 4. The number of likely N-dealkylation sites (tertiary alicyclic amines) is 1. The maximum atomic E-state index is 14.2. The van der Waals surface area contributed by atoms with Crippen molar-refractivity contribution in [3.8, 4) is 11.1 Å². The van der Waals surface area contributed by atoms with Gasteiger partial charge in [-0.2, -0.15) is 0 Å². The Labute approximate surface area is 432 Å². The summed E-state index contributed by atoms with van der Waals surface area (Å²) in [5.74, 6) is -0.393. The first-order valence-corrected chi connectivity index (χ1v) is 26.6. The van der Waals surface area contributed by atoms with E-state index in [0.717, 1.165) is 117 Å². The second-order valence-electron chi connectivity index (χ2n) is 21.2. The van der Waals surface area contributed by atoms with E-state index in [1.165, 1.54) is 5.56 Å². The average molecular weight is 1010 g/mol. The number of carbonyl (C=O) groups excluding carboxylic acids is 4. The molecule has 0 spiro atoms. The molecule has 18 heteroatoms. The quantitative estimate of drug-likeness (QED) is 0.108. The summed E-state index contributed by atoms with van der Waals surface area (Å²) in [6.07, 6.45) is 11.6. The molecule has 4 N–H and O–H groups in total. The van der Waals surface area contributed by atoms with Crippen LogP contribution in [0.25, 0.3) is 22.2 Å². The first kappa shape index (κ1) is 50.9. The molecule has 390 valence electrons. The van der Waals surface area contributed by atoms with Gasteiger partial charge >= 0.3 is 0 Å². The molecule has 4 aromatic heterocycles. The van der Waals surface area contributed by atoms with E-state index < -0.39 is 5.54 Å². The van der Waals surface area contributed by atoms with Gasteiger partial charge in [-0.15, -0.1) is 0 Å². The van der Waals surface area contributed by atoms with Gasteiger partial charge in [-0.05, 0) is 104 Å². The van der Waals surface area contributed by atoms with Crippen molar-refractivity contribution in [2.75, 3.05) is 102 Å². The number of aryl methyl sites for hydroxylation is 2. The SMILES string of the molecule is CCc1cccc(-c2cnc(C(=O)N3CCN(CC45CCC(NC(=O)c6ccc(N7CCN(Cc8cnc9cc(CC)c(=O)[nH]c9c8)CC7)cn6)(CC4)CO5)CC3)c(NC(=O)CNCC3CCN(C)C(=O)C3)c2)c1. The van der Waals surface area contributed by atoms with Gasteiger partial charge in [0.1, 0.15) is 5.69 Å². The highest BCUT2D eigenvalue weighted by atomic mass is 16.5. The first-order valence-electron chi connectivity index (χ1n) is 26.6. The smallest absolute Gasteiger partial charge is 0.274 e. The van der Waals surface area contributed by atoms with E-state index in [1.807, 2.05) is 67.5 Å². The molecule has 1 saturated carbocycles. The number of carbonyl (C=O) groups is 4. The van der Waals surface area contributed by atoms with Gasteiger partial charge in [-0.1, -0.05) is 38.1 Å². The molecule has 6 fully saturated rings. The van der Waals surface area contributed by atoms with Crippen molar-refractivity contribution in [1.82, 2.24) is 50.2 Å². The average Bonchev–Trinajstić information content (AvgIpc) is 3.42. The Balaban J connectivity index is 0.686. The van der Waals surface area contributed by atoms with Crippen LogP contribution in [0.4, 0.5) is 11.4 Å². The van der Waals surface area contributed by atoms with Gasteiger partial charge in [-0.25, -0.2) is 9.97 Å². The van der Waals surface area contributed by atoms with Gasteiger partial charge in [0.2, 0.25) is 11.8 Å². The Bertz CT molecular complexity index is 2900. The maximum Gasteiger partial charge on any atom is 0.274 e. The Morgan fingerprint density at radius 1 is 0.797 bits per heavy atom. The van der Waals surface area contributed by atoms with Gasteiger partial charge in [-0.3, -0.25) is 38.8 Å². The van der Waals surface area contributed by atoms with Crippen LogP contribution in [0.15, 0.2) is 78.0 Å². The van der Waals surface area contributed by atoms with Crippen LogP contribution in [0.1, 0.15) is 90.0 Å². The molecular formula is C56H70N12O6. The lowest BCUT2D eigenvalue weighted by Gasteiger charge is -2.54. The second kappa shape index (κ2) is 22.1. The van der Waals surface area contributed by atoms with Crippen LogP contribution in [0, 0.1) is 5.92 Å². The van der Waals surface area contributed by atoms with E-state index in [9.17, 15) is 24.0 Å². The number of hydrogen-bond acceptors (Lipinski definition) is 13. The number of aromatic nitrogens is 4. The number of hydrogen-bond donors (Lipinski definition) is 4. The third-order valence-electron chi connectivity index (χ3n) is 16.2. The van der Waals surface area contributed by atoms with E-state index in [4.69, 9.17) is 9.72 Å². The van der Waals surface area contributed by atoms with Crippen molar-refractivity contribution < 1.29 is 23.9 Å². The molecule has 2 bridgehead atoms. The fraction of sp³-hybridized carbons (Fsp3) is 0.500. The summed E-state index contributed by atoms with van der Waals surface area (Å²) in [6.45, 7) is 13.1. The molecule has 9 heterocycles. The molecule has 4 amide bonds. The second-order valence-corrected chi connectivity index (χ2v) is 21.2. The molecule has 0 radical (unpaired) electrons. The highest BCUT2D eigenvalue weighted by Crippen LogP contribution is 2.44. The predicted molar refractivity (Wildman–Crippen MR) is 284 cm³/mol. The fourth-order valence-electron chi connectivity index (χ4n) is 11.4. The van der Waals surface area contributed by atoms with Crippen LogP contribution < -0.4 is 26.4 Å². The predicted octanol–water partition coefficient (Wildman–Crippen LogP) is 4.49. The lowest BCUT2D eigenvalue weighted by atomic mass is 9.70. The number of anilines is 2. The van der Waals surface area contributed by atoms with E-state index >= 15 is 0 Å².